The molecule has 0 spiro atoms. The van der Waals surface area contributed by atoms with Gasteiger partial charge < -0.3 is 9.64 Å². The molecule has 20 heavy (non-hydrogen) atoms. The Labute approximate surface area is 123 Å². The standard InChI is InChI=1S/C17H28N2O/c1-6-17(4,5)16-12-19(9-10-20-16)14-7-8-15(13(2)3)18-11-14/h7-8,11,13,16H,6,9-10,12H2,1-5H3/t16-/m0/s1. The minimum Gasteiger partial charge on any atom is -0.374 e. The van der Waals surface area contributed by atoms with Crippen LogP contribution in [0.2, 0.25) is 0 Å². The summed E-state index contributed by atoms with van der Waals surface area (Å²) in [7, 11) is 0. The van der Waals surface area contributed by atoms with E-state index in [4.69, 9.17) is 4.74 Å². The Morgan fingerprint density at radius 1 is 1.40 bits per heavy atom. The quantitative estimate of drug-likeness (QED) is 0.835. The van der Waals surface area contributed by atoms with Gasteiger partial charge in [0.05, 0.1) is 24.6 Å². The molecule has 0 bridgehead atoms. The Kier molecular flexibility index (Phi) is 4.69. The predicted molar refractivity (Wildman–Crippen MR) is 84.4 cm³/mol. The van der Waals surface area contributed by atoms with Gasteiger partial charge in [0.2, 0.25) is 0 Å². The number of nitrogens with zero attached hydrogens (tertiary/aromatic N) is 2. The summed E-state index contributed by atoms with van der Waals surface area (Å²) in [4.78, 5) is 6.98. The maximum absolute atomic E-state index is 5.99. The van der Waals surface area contributed by atoms with E-state index in [1.54, 1.807) is 0 Å². The fourth-order valence-electron chi connectivity index (χ4n) is 2.51. The van der Waals surface area contributed by atoms with Crippen LogP contribution >= 0.6 is 0 Å². The maximum Gasteiger partial charge on any atom is 0.0801 e. The summed E-state index contributed by atoms with van der Waals surface area (Å²) in [6.45, 7) is 13.9. The second kappa shape index (κ2) is 6.13. The van der Waals surface area contributed by atoms with Crippen molar-refractivity contribution in [1.82, 2.24) is 4.98 Å². The van der Waals surface area contributed by atoms with E-state index >= 15 is 0 Å². The molecule has 0 aromatic carbocycles. The van der Waals surface area contributed by atoms with Gasteiger partial charge in [0.15, 0.2) is 0 Å². The molecule has 0 amide bonds. The molecule has 3 nitrogen and oxygen atoms in total. The fourth-order valence-corrected chi connectivity index (χ4v) is 2.51. The van der Waals surface area contributed by atoms with E-state index in [1.807, 2.05) is 6.20 Å². The van der Waals surface area contributed by atoms with Gasteiger partial charge in [0.1, 0.15) is 0 Å². The maximum atomic E-state index is 5.99. The predicted octanol–water partition coefficient (Wildman–Crippen LogP) is 3.85. The van der Waals surface area contributed by atoms with Gasteiger partial charge in [-0.15, -0.1) is 0 Å². The molecule has 1 fully saturated rings. The van der Waals surface area contributed by atoms with Crippen molar-refractivity contribution in [2.45, 2.75) is 53.1 Å². The summed E-state index contributed by atoms with van der Waals surface area (Å²) in [5.41, 5.74) is 2.60. The van der Waals surface area contributed by atoms with Gasteiger partial charge in [-0.3, -0.25) is 4.98 Å². The van der Waals surface area contributed by atoms with Crippen molar-refractivity contribution in [2.75, 3.05) is 24.6 Å². The monoisotopic (exact) mass is 276 g/mol. The van der Waals surface area contributed by atoms with Crippen molar-refractivity contribution in [3.05, 3.63) is 24.0 Å². The fraction of sp³-hybridized carbons (Fsp3) is 0.706. The van der Waals surface area contributed by atoms with E-state index in [9.17, 15) is 0 Å². The van der Waals surface area contributed by atoms with Crippen LogP contribution in [0.4, 0.5) is 5.69 Å². The van der Waals surface area contributed by atoms with Crippen LogP contribution in [0.1, 0.15) is 52.7 Å². The highest BCUT2D eigenvalue weighted by atomic mass is 16.5. The number of ether oxygens (including phenoxy) is 1. The second-order valence-corrected chi connectivity index (χ2v) is 6.74. The summed E-state index contributed by atoms with van der Waals surface area (Å²) < 4.78 is 5.99. The molecule has 3 heteroatoms. The van der Waals surface area contributed by atoms with Crippen LogP contribution in [-0.2, 0) is 4.74 Å². The van der Waals surface area contributed by atoms with Crippen LogP contribution < -0.4 is 4.90 Å². The van der Waals surface area contributed by atoms with Crippen LogP contribution in [0.3, 0.4) is 0 Å². The third-order valence-electron chi connectivity index (χ3n) is 4.58. The largest absolute Gasteiger partial charge is 0.374 e. The highest BCUT2D eigenvalue weighted by molar-refractivity contribution is 5.45. The summed E-state index contributed by atoms with van der Waals surface area (Å²) in [5.74, 6) is 0.487. The first-order chi connectivity index (χ1) is 9.44. The molecule has 1 aromatic rings. The third-order valence-corrected chi connectivity index (χ3v) is 4.58. The molecule has 0 N–H and O–H groups in total. The molecule has 112 valence electrons. The van der Waals surface area contributed by atoms with Gasteiger partial charge in [-0.1, -0.05) is 34.6 Å². The van der Waals surface area contributed by atoms with Crippen LogP contribution in [0, 0.1) is 5.41 Å². The SMILES string of the molecule is CCC(C)(C)[C@@H]1CN(c2ccc(C(C)C)nc2)CCO1. The van der Waals surface area contributed by atoms with E-state index in [0.29, 0.717) is 12.0 Å². The van der Waals surface area contributed by atoms with E-state index in [0.717, 1.165) is 31.8 Å². The Morgan fingerprint density at radius 3 is 2.70 bits per heavy atom. The number of pyridine rings is 1. The Bertz CT molecular complexity index is 425. The van der Waals surface area contributed by atoms with Gasteiger partial charge in [-0.05, 0) is 29.9 Å². The van der Waals surface area contributed by atoms with Crippen molar-refractivity contribution in [1.29, 1.82) is 0 Å². The van der Waals surface area contributed by atoms with Gasteiger partial charge in [0, 0.05) is 18.8 Å². The molecule has 1 aliphatic rings. The van der Waals surface area contributed by atoms with E-state index in [1.165, 1.54) is 5.69 Å². The Balaban J connectivity index is 2.09. The molecule has 1 aliphatic heterocycles. The Morgan fingerprint density at radius 2 is 2.15 bits per heavy atom. The molecule has 1 aromatic heterocycles. The zero-order valence-corrected chi connectivity index (χ0v) is 13.5. The zero-order valence-electron chi connectivity index (χ0n) is 13.5. The zero-order chi connectivity index (χ0) is 14.8. The average Bonchev–Trinajstić information content (AvgIpc) is 2.47. The van der Waals surface area contributed by atoms with Crippen molar-refractivity contribution in [2.24, 2.45) is 5.41 Å². The lowest BCUT2D eigenvalue weighted by Crippen LogP contribution is -2.48. The first-order valence-corrected chi connectivity index (χ1v) is 7.76. The number of rotatable bonds is 4. The highest BCUT2D eigenvalue weighted by Crippen LogP contribution is 2.31. The Hall–Kier alpha value is -1.09. The van der Waals surface area contributed by atoms with Crippen molar-refractivity contribution in [3.63, 3.8) is 0 Å². The number of anilines is 1. The first-order valence-electron chi connectivity index (χ1n) is 7.76. The van der Waals surface area contributed by atoms with Gasteiger partial charge in [-0.2, -0.15) is 0 Å². The van der Waals surface area contributed by atoms with Crippen molar-refractivity contribution >= 4 is 5.69 Å². The highest BCUT2D eigenvalue weighted by Gasteiger charge is 2.33. The number of morpholine rings is 1. The molecule has 0 unspecified atom stereocenters. The molecule has 0 aliphatic carbocycles. The van der Waals surface area contributed by atoms with Crippen LogP contribution in [0.5, 0.6) is 0 Å². The van der Waals surface area contributed by atoms with Crippen LogP contribution in [0.25, 0.3) is 0 Å². The molecule has 2 rings (SSSR count). The number of hydrogen-bond acceptors (Lipinski definition) is 3. The third kappa shape index (κ3) is 3.32. The minimum absolute atomic E-state index is 0.226. The van der Waals surface area contributed by atoms with Crippen molar-refractivity contribution in [3.8, 4) is 0 Å². The summed E-state index contributed by atoms with van der Waals surface area (Å²) in [6.07, 6.45) is 3.44. The summed E-state index contributed by atoms with van der Waals surface area (Å²) >= 11 is 0. The number of hydrogen-bond donors (Lipinski definition) is 0. The van der Waals surface area contributed by atoms with Crippen LogP contribution in [-0.4, -0.2) is 30.8 Å². The molecule has 2 heterocycles. The second-order valence-electron chi connectivity index (χ2n) is 6.74. The minimum atomic E-state index is 0.226. The molecular weight excluding hydrogens is 248 g/mol. The lowest BCUT2D eigenvalue weighted by atomic mass is 9.83. The van der Waals surface area contributed by atoms with E-state index in [2.05, 4.69) is 56.6 Å². The molecular formula is C17H28N2O. The first kappa shape index (κ1) is 15.3. The lowest BCUT2D eigenvalue weighted by Gasteiger charge is -2.41. The average molecular weight is 276 g/mol. The smallest absolute Gasteiger partial charge is 0.0801 e. The van der Waals surface area contributed by atoms with E-state index < -0.39 is 0 Å². The molecule has 1 saturated heterocycles. The molecule has 1 atom stereocenters. The summed E-state index contributed by atoms with van der Waals surface area (Å²) in [5, 5.41) is 0. The van der Waals surface area contributed by atoms with Gasteiger partial charge in [0.25, 0.3) is 0 Å². The van der Waals surface area contributed by atoms with Gasteiger partial charge >= 0.3 is 0 Å². The topological polar surface area (TPSA) is 25.4 Å². The van der Waals surface area contributed by atoms with Crippen LogP contribution in [0.15, 0.2) is 18.3 Å². The molecule has 0 saturated carbocycles. The summed E-state index contributed by atoms with van der Waals surface area (Å²) in [6, 6.07) is 4.35. The number of aromatic nitrogens is 1. The van der Waals surface area contributed by atoms with E-state index in [-0.39, 0.29) is 5.41 Å². The van der Waals surface area contributed by atoms with Gasteiger partial charge in [-0.25, -0.2) is 0 Å². The van der Waals surface area contributed by atoms with Crippen molar-refractivity contribution < 1.29 is 4.74 Å². The molecule has 0 radical (unpaired) electrons. The normalized spacial score (nSPS) is 20.5. The lowest BCUT2D eigenvalue weighted by molar-refractivity contribution is -0.0357.